The summed E-state index contributed by atoms with van der Waals surface area (Å²) >= 11 is 5.98. The van der Waals surface area contributed by atoms with Gasteiger partial charge in [0.25, 0.3) is 0 Å². The number of carbonyl (C=O) groups excluding carboxylic acids is 1. The lowest BCUT2D eigenvalue weighted by Crippen LogP contribution is -2.20. The lowest BCUT2D eigenvalue weighted by atomic mass is 10.2. The van der Waals surface area contributed by atoms with Crippen molar-refractivity contribution in [3.8, 4) is 0 Å². The molecular weight excluding hydrogens is 297 g/mol. The van der Waals surface area contributed by atoms with Gasteiger partial charge in [0.15, 0.2) is 11.5 Å². The van der Waals surface area contributed by atoms with Crippen molar-refractivity contribution in [3.63, 3.8) is 0 Å². The first-order valence-electron chi connectivity index (χ1n) is 6.09. The number of methoxy groups -OCH3 is 1. The third kappa shape index (κ3) is 3.46. The van der Waals surface area contributed by atoms with Gasteiger partial charge in [-0.05, 0) is 24.3 Å². The molecular formula is C14H13ClFN3O2. The fourth-order valence-corrected chi connectivity index (χ4v) is 1.97. The highest BCUT2D eigenvalue weighted by Gasteiger charge is 2.13. The summed E-state index contributed by atoms with van der Waals surface area (Å²) in [6, 6.07) is 7.62. The SMILES string of the molecule is COC(=O)c1ccc(N(C)Cc2c(F)cccc2Cl)nn1. The fourth-order valence-electron chi connectivity index (χ4n) is 1.74. The van der Waals surface area contributed by atoms with Crippen molar-refractivity contribution in [2.24, 2.45) is 0 Å². The van der Waals surface area contributed by atoms with Crippen LogP contribution in [0.5, 0.6) is 0 Å². The average molecular weight is 310 g/mol. The molecule has 0 aliphatic carbocycles. The van der Waals surface area contributed by atoms with Crippen molar-refractivity contribution in [1.29, 1.82) is 0 Å². The molecule has 0 atom stereocenters. The molecule has 0 saturated heterocycles. The largest absolute Gasteiger partial charge is 0.464 e. The molecule has 0 saturated carbocycles. The van der Waals surface area contributed by atoms with Crippen molar-refractivity contribution < 1.29 is 13.9 Å². The van der Waals surface area contributed by atoms with Gasteiger partial charge in [0.05, 0.1) is 7.11 Å². The number of hydrogen-bond donors (Lipinski definition) is 0. The predicted molar refractivity (Wildman–Crippen MR) is 76.9 cm³/mol. The van der Waals surface area contributed by atoms with Crippen molar-refractivity contribution in [2.45, 2.75) is 6.54 Å². The van der Waals surface area contributed by atoms with Crippen molar-refractivity contribution in [2.75, 3.05) is 19.1 Å². The third-order valence-electron chi connectivity index (χ3n) is 2.89. The molecule has 1 aromatic heterocycles. The number of esters is 1. The second-order valence-electron chi connectivity index (χ2n) is 4.32. The normalized spacial score (nSPS) is 10.3. The van der Waals surface area contributed by atoms with Crippen molar-refractivity contribution >= 4 is 23.4 Å². The molecule has 0 spiro atoms. The third-order valence-corrected chi connectivity index (χ3v) is 3.25. The second kappa shape index (κ2) is 6.49. The van der Waals surface area contributed by atoms with E-state index in [-0.39, 0.29) is 18.1 Å². The maximum absolute atomic E-state index is 13.7. The molecule has 110 valence electrons. The van der Waals surface area contributed by atoms with E-state index in [2.05, 4.69) is 14.9 Å². The molecule has 2 aromatic rings. The van der Waals surface area contributed by atoms with E-state index in [1.807, 2.05) is 0 Å². The molecule has 0 bridgehead atoms. The van der Waals surface area contributed by atoms with Crippen LogP contribution in [-0.4, -0.2) is 30.3 Å². The van der Waals surface area contributed by atoms with E-state index in [9.17, 15) is 9.18 Å². The van der Waals surface area contributed by atoms with Gasteiger partial charge in [-0.1, -0.05) is 17.7 Å². The highest BCUT2D eigenvalue weighted by atomic mass is 35.5. The molecule has 0 radical (unpaired) electrons. The zero-order valence-corrected chi connectivity index (χ0v) is 12.3. The van der Waals surface area contributed by atoms with Crippen LogP contribution in [0, 0.1) is 5.82 Å². The average Bonchev–Trinajstić information content (AvgIpc) is 2.50. The Morgan fingerprint density at radius 1 is 1.33 bits per heavy atom. The molecule has 0 unspecified atom stereocenters. The molecule has 0 N–H and O–H groups in total. The predicted octanol–water partition coefficient (Wildman–Crippen LogP) is 2.69. The van der Waals surface area contributed by atoms with Crippen LogP contribution in [0.4, 0.5) is 10.2 Å². The topological polar surface area (TPSA) is 55.3 Å². The van der Waals surface area contributed by atoms with Gasteiger partial charge in [0, 0.05) is 24.2 Å². The molecule has 0 fully saturated rings. The molecule has 21 heavy (non-hydrogen) atoms. The summed E-state index contributed by atoms with van der Waals surface area (Å²) in [7, 11) is 2.99. The molecule has 0 aliphatic rings. The van der Waals surface area contributed by atoms with Gasteiger partial charge in [0.2, 0.25) is 0 Å². The molecule has 7 heteroatoms. The summed E-state index contributed by atoms with van der Waals surface area (Å²) in [4.78, 5) is 12.9. The Morgan fingerprint density at radius 3 is 2.67 bits per heavy atom. The Labute approximate surface area is 126 Å². The Morgan fingerprint density at radius 2 is 2.10 bits per heavy atom. The first kappa shape index (κ1) is 15.2. The van der Waals surface area contributed by atoms with Crippen LogP contribution >= 0.6 is 11.6 Å². The van der Waals surface area contributed by atoms with E-state index in [1.165, 1.54) is 19.2 Å². The number of rotatable bonds is 4. The first-order chi connectivity index (χ1) is 10.0. The highest BCUT2D eigenvalue weighted by Crippen LogP contribution is 2.22. The van der Waals surface area contributed by atoms with Gasteiger partial charge < -0.3 is 9.64 Å². The number of benzene rings is 1. The van der Waals surface area contributed by atoms with Crippen LogP contribution in [0.25, 0.3) is 0 Å². The smallest absolute Gasteiger partial charge is 0.358 e. The zero-order chi connectivity index (χ0) is 15.4. The maximum atomic E-state index is 13.7. The molecule has 1 aromatic carbocycles. The molecule has 0 aliphatic heterocycles. The number of ether oxygens (including phenoxy) is 1. The standard InChI is InChI=1S/C14H13ClFN3O2/c1-19(8-9-10(15)4-3-5-11(9)16)13-7-6-12(17-18-13)14(20)21-2/h3-7H,8H2,1-2H3. The number of carbonyl (C=O) groups is 1. The van der Waals surface area contributed by atoms with Gasteiger partial charge >= 0.3 is 5.97 Å². The van der Waals surface area contributed by atoms with Gasteiger partial charge in [-0.25, -0.2) is 9.18 Å². The van der Waals surface area contributed by atoms with Crippen LogP contribution in [0.15, 0.2) is 30.3 Å². The van der Waals surface area contributed by atoms with E-state index in [0.717, 1.165) is 0 Å². The summed E-state index contributed by atoms with van der Waals surface area (Å²) in [6.45, 7) is 0.234. The first-order valence-corrected chi connectivity index (χ1v) is 6.46. The number of nitrogens with zero attached hydrogens (tertiary/aromatic N) is 3. The van der Waals surface area contributed by atoms with Crippen LogP contribution in [0.2, 0.25) is 5.02 Å². The summed E-state index contributed by atoms with van der Waals surface area (Å²) in [5.74, 6) is -0.454. The van der Waals surface area contributed by atoms with Crippen molar-refractivity contribution in [1.82, 2.24) is 10.2 Å². The molecule has 2 rings (SSSR count). The number of halogens is 2. The fraction of sp³-hybridized carbons (Fsp3) is 0.214. The Hall–Kier alpha value is -2.21. The van der Waals surface area contributed by atoms with Crippen LogP contribution < -0.4 is 4.90 Å². The van der Waals surface area contributed by atoms with Crippen LogP contribution in [0.3, 0.4) is 0 Å². The second-order valence-corrected chi connectivity index (χ2v) is 4.73. The van der Waals surface area contributed by atoms with Crippen LogP contribution in [0.1, 0.15) is 16.1 Å². The molecule has 0 amide bonds. The molecule has 1 heterocycles. The monoisotopic (exact) mass is 309 g/mol. The van der Waals surface area contributed by atoms with E-state index in [1.54, 1.807) is 30.1 Å². The minimum absolute atomic E-state index is 0.110. The molecule has 5 nitrogen and oxygen atoms in total. The van der Waals surface area contributed by atoms with E-state index in [0.29, 0.717) is 16.4 Å². The zero-order valence-electron chi connectivity index (χ0n) is 11.5. The number of anilines is 1. The Bertz CT molecular complexity index is 629. The van der Waals surface area contributed by atoms with Gasteiger partial charge in [-0.3, -0.25) is 0 Å². The summed E-state index contributed by atoms with van der Waals surface area (Å²) < 4.78 is 18.3. The maximum Gasteiger partial charge on any atom is 0.358 e. The lowest BCUT2D eigenvalue weighted by Gasteiger charge is -2.18. The quantitative estimate of drug-likeness (QED) is 0.813. The van der Waals surface area contributed by atoms with Gasteiger partial charge in [-0.2, -0.15) is 0 Å². The lowest BCUT2D eigenvalue weighted by molar-refractivity contribution is 0.0592. The van der Waals surface area contributed by atoms with E-state index >= 15 is 0 Å². The minimum Gasteiger partial charge on any atom is -0.464 e. The summed E-state index contributed by atoms with van der Waals surface area (Å²) in [5, 5.41) is 8.02. The van der Waals surface area contributed by atoms with Gasteiger partial charge in [-0.15, -0.1) is 10.2 Å². The Balaban J connectivity index is 2.17. The Kier molecular flexibility index (Phi) is 4.70. The van der Waals surface area contributed by atoms with Gasteiger partial charge in [0.1, 0.15) is 5.82 Å². The van der Waals surface area contributed by atoms with Crippen molar-refractivity contribution in [3.05, 3.63) is 52.4 Å². The summed E-state index contributed by atoms with van der Waals surface area (Å²) in [6.07, 6.45) is 0. The van der Waals surface area contributed by atoms with E-state index < -0.39 is 5.97 Å². The highest BCUT2D eigenvalue weighted by molar-refractivity contribution is 6.31. The minimum atomic E-state index is -0.561. The number of aromatic nitrogens is 2. The number of hydrogen-bond acceptors (Lipinski definition) is 5. The van der Waals surface area contributed by atoms with Crippen LogP contribution in [-0.2, 0) is 11.3 Å². The van der Waals surface area contributed by atoms with E-state index in [4.69, 9.17) is 11.6 Å². The summed E-state index contributed by atoms with van der Waals surface area (Å²) in [5.41, 5.74) is 0.485.